The van der Waals surface area contributed by atoms with E-state index in [-0.39, 0.29) is 0 Å². The molecule has 1 N–H and O–H groups in total. The van der Waals surface area contributed by atoms with Crippen molar-refractivity contribution in [2.75, 3.05) is 0 Å². The molecular formula is C11H11N5S2. The van der Waals surface area contributed by atoms with Gasteiger partial charge >= 0.3 is 0 Å². The van der Waals surface area contributed by atoms with E-state index in [0.717, 1.165) is 33.9 Å². The van der Waals surface area contributed by atoms with Crippen molar-refractivity contribution < 1.29 is 0 Å². The van der Waals surface area contributed by atoms with E-state index in [2.05, 4.69) is 32.1 Å². The molecule has 0 saturated carbocycles. The van der Waals surface area contributed by atoms with Crippen LogP contribution in [0.3, 0.4) is 0 Å². The smallest absolute Gasteiger partial charge is 0.214 e. The van der Waals surface area contributed by atoms with Crippen molar-refractivity contribution >= 4 is 33.3 Å². The lowest BCUT2D eigenvalue weighted by atomic mass is 10.3. The Kier molecular flexibility index (Phi) is 3.24. The van der Waals surface area contributed by atoms with Crippen molar-refractivity contribution in [2.45, 2.75) is 29.9 Å². The molecule has 92 valence electrons. The van der Waals surface area contributed by atoms with Gasteiger partial charge in [0.25, 0.3) is 0 Å². The number of fused-ring (bicyclic) bond motifs is 1. The highest BCUT2D eigenvalue weighted by Gasteiger charge is 2.10. The van der Waals surface area contributed by atoms with E-state index >= 15 is 0 Å². The summed E-state index contributed by atoms with van der Waals surface area (Å²) in [6, 6.07) is 2.03. The first kappa shape index (κ1) is 11.6. The molecule has 0 aromatic carbocycles. The van der Waals surface area contributed by atoms with Crippen LogP contribution in [-0.4, -0.2) is 25.1 Å². The first-order chi connectivity index (χ1) is 8.86. The van der Waals surface area contributed by atoms with Gasteiger partial charge in [-0.1, -0.05) is 6.92 Å². The number of hydrogen-bond acceptors (Lipinski definition) is 6. The van der Waals surface area contributed by atoms with Gasteiger partial charge in [0.1, 0.15) is 22.0 Å². The summed E-state index contributed by atoms with van der Waals surface area (Å²) in [5.41, 5.74) is 0. The molecule has 3 heterocycles. The molecule has 18 heavy (non-hydrogen) atoms. The Labute approximate surface area is 112 Å². The molecule has 0 saturated heterocycles. The summed E-state index contributed by atoms with van der Waals surface area (Å²) >= 11 is 3.08. The lowest BCUT2D eigenvalue weighted by molar-refractivity contribution is 0.840. The molecule has 3 aromatic rings. The maximum Gasteiger partial charge on any atom is 0.214 e. The summed E-state index contributed by atoms with van der Waals surface area (Å²) < 4.78 is 0. The topological polar surface area (TPSA) is 67.3 Å². The molecule has 0 radical (unpaired) electrons. The Morgan fingerprint density at radius 2 is 2.33 bits per heavy atom. The maximum absolute atomic E-state index is 4.43. The second kappa shape index (κ2) is 5.03. The molecule has 0 bridgehead atoms. The van der Waals surface area contributed by atoms with Gasteiger partial charge in [-0.3, -0.25) is 5.10 Å². The number of aromatic nitrogens is 5. The second-order valence-corrected chi connectivity index (χ2v) is 5.59. The van der Waals surface area contributed by atoms with E-state index in [1.807, 2.05) is 11.4 Å². The van der Waals surface area contributed by atoms with Crippen LogP contribution in [0.25, 0.3) is 10.2 Å². The number of nitrogens with one attached hydrogen (secondary N) is 1. The molecular weight excluding hydrogens is 266 g/mol. The second-order valence-electron chi connectivity index (χ2n) is 3.73. The zero-order chi connectivity index (χ0) is 12.4. The highest BCUT2D eigenvalue weighted by atomic mass is 32.2. The van der Waals surface area contributed by atoms with Crippen LogP contribution in [0.1, 0.15) is 19.2 Å². The van der Waals surface area contributed by atoms with Crippen LogP contribution in [0.5, 0.6) is 0 Å². The maximum atomic E-state index is 4.43. The monoisotopic (exact) mass is 277 g/mol. The molecule has 5 nitrogen and oxygen atoms in total. The van der Waals surface area contributed by atoms with Crippen LogP contribution in [0, 0.1) is 0 Å². The first-order valence-electron chi connectivity index (χ1n) is 5.64. The Bertz CT molecular complexity index is 660. The van der Waals surface area contributed by atoms with Gasteiger partial charge in [0.15, 0.2) is 0 Å². The minimum atomic E-state index is 0.713. The summed E-state index contributed by atoms with van der Waals surface area (Å²) in [4.78, 5) is 13.9. The minimum Gasteiger partial charge on any atom is -0.262 e. The number of thiophene rings is 1. The fourth-order valence-electron chi connectivity index (χ4n) is 1.61. The van der Waals surface area contributed by atoms with Gasteiger partial charge in [-0.15, -0.1) is 16.4 Å². The van der Waals surface area contributed by atoms with Crippen LogP contribution >= 0.6 is 23.1 Å². The minimum absolute atomic E-state index is 0.713. The van der Waals surface area contributed by atoms with Crippen LogP contribution in [0.2, 0.25) is 0 Å². The van der Waals surface area contributed by atoms with Gasteiger partial charge in [-0.2, -0.15) is 0 Å². The van der Waals surface area contributed by atoms with Crippen molar-refractivity contribution in [1.82, 2.24) is 25.1 Å². The van der Waals surface area contributed by atoms with Crippen molar-refractivity contribution in [3.05, 3.63) is 23.6 Å². The predicted octanol–water partition coefficient (Wildman–Crippen LogP) is 2.91. The number of H-pyrrole nitrogens is 1. The van der Waals surface area contributed by atoms with E-state index < -0.39 is 0 Å². The SMILES string of the molecule is CCCc1nc(Sc2ncnc3sccc23)n[nH]1. The number of aryl methyl sites for hydroxylation is 1. The highest BCUT2D eigenvalue weighted by molar-refractivity contribution is 7.99. The molecule has 0 aliphatic carbocycles. The molecule has 3 rings (SSSR count). The summed E-state index contributed by atoms with van der Waals surface area (Å²) in [5, 5.41) is 11.8. The third-order valence-corrected chi connectivity index (χ3v) is 4.12. The van der Waals surface area contributed by atoms with Gasteiger partial charge in [-0.25, -0.2) is 15.0 Å². The Morgan fingerprint density at radius 3 is 3.22 bits per heavy atom. The quantitative estimate of drug-likeness (QED) is 0.743. The van der Waals surface area contributed by atoms with Crippen molar-refractivity contribution in [2.24, 2.45) is 0 Å². The number of rotatable bonds is 4. The van der Waals surface area contributed by atoms with Gasteiger partial charge in [0.05, 0.1) is 0 Å². The van der Waals surface area contributed by atoms with Gasteiger partial charge < -0.3 is 0 Å². The average molecular weight is 277 g/mol. The van der Waals surface area contributed by atoms with Gasteiger partial charge in [0, 0.05) is 11.8 Å². The molecule has 7 heteroatoms. The van der Waals surface area contributed by atoms with Crippen LogP contribution in [0.4, 0.5) is 0 Å². The summed E-state index contributed by atoms with van der Waals surface area (Å²) in [6.45, 7) is 2.12. The van der Waals surface area contributed by atoms with Crippen LogP contribution < -0.4 is 0 Å². The fourth-order valence-corrected chi connectivity index (χ4v) is 3.20. The lowest BCUT2D eigenvalue weighted by Crippen LogP contribution is -1.86. The number of aromatic amines is 1. The molecule has 0 unspecified atom stereocenters. The number of hydrogen-bond donors (Lipinski definition) is 1. The molecule has 0 aliphatic rings. The van der Waals surface area contributed by atoms with Gasteiger partial charge in [-0.05, 0) is 29.6 Å². The fraction of sp³-hybridized carbons (Fsp3) is 0.273. The van der Waals surface area contributed by atoms with E-state index in [9.17, 15) is 0 Å². The zero-order valence-electron chi connectivity index (χ0n) is 9.75. The summed E-state index contributed by atoms with van der Waals surface area (Å²) in [5.74, 6) is 0.926. The Balaban J connectivity index is 1.88. The molecule has 0 aliphatic heterocycles. The average Bonchev–Trinajstić information content (AvgIpc) is 2.99. The molecule has 0 atom stereocenters. The standard InChI is InChI=1S/C11H11N5S2/c1-2-3-8-14-11(16-15-8)18-10-7-4-5-17-9(7)12-6-13-10/h4-6H,2-3H2,1H3,(H,14,15,16). The third kappa shape index (κ3) is 2.23. The summed E-state index contributed by atoms with van der Waals surface area (Å²) in [6.07, 6.45) is 3.56. The predicted molar refractivity (Wildman–Crippen MR) is 71.9 cm³/mol. The molecule has 0 amide bonds. The van der Waals surface area contributed by atoms with Crippen LogP contribution in [-0.2, 0) is 6.42 Å². The van der Waals surface area contributed by atoms with E-state index in [0.29, 0.717) is 5.16 Å². The van der Waals surface area contributed by atoms with Crippen molar-refractivity contribution in [3.63, 3.8) is 0 Å². The van der Waals surface area contributed by atoms with E-state index in [1.54, 1.807) is 17.7 Å². The summed E-state index contributed by atoms with van der Waals surface area (Å²) in [7, 11) is 0. The lowest BCUT2D eigenvalue weighted by Gasteiger charge is -1.96. The van der Waals surface area contributed by atoms with Crippen molar-refractivity contribution in [3.8, 4) is 0 Å². The van der Waals surface area contributed by atoms with Crippen LogP contribution in [0.15, 0.2) is 28.0 Å². The Hall–Kier alpha value is -1.47. The first-order valence-corrected chi connectivity index (χ1v) is 7.33. The molecule has 3 aromatic heterocycles. The molecule has 0 spiro atoms. The Morgan fingerprint density at radius 1 is 1.39 bits per heavy atom. The largest absolute Gasteiger partial charge is 0.262 e. The van der Waals surface area contributed by atoms with E-state index in [4.69, 9.17) is 0 Å². The van der Waals surface area contributed by atoms with Gasteiger partial charge in [0.2, 0.25) is 5.16 Å². The van der Waals surface area contributed by atoms with E-state index in [1.165, 1.54) is 11.8 Å². The third-order valence-electron chi connectivity index (χ3n) is 2.41. The zero-order valence-corrected chi connectivity index (χ0v) is 11.4. The normalized spacial score (nSPS) is 11.2. The van der Waals surface area contributed by atoms with Crippen molar-refractivity contribution in [1.29, 1.82) is 0 Å². The highest BCUT2D eigenvalue weighted by Crippen LogP contribution is 2.30. The molecule has 0 fully saturated rings. The number of nitrogens with zero attached hydrogens (tertiary/aromatic N) is 4.